The van der Waals surface area contributed by atoms with Crippen molar-refractivity contribution in [3.8, 4) is 5.75 Å². The van der Waals surface area contributed by atoms with Gasteiger partial charge in [0.2, 0.25) is 88.6 Å². The summed E-state index contributed by atoms with van der Waals surface area (Å²) in [6.07, 6.45) is -1.81. The SMILES string of the molecule is CN(CC(=O)O)C(=O)CN(C)C(=O)CN(C)C(=O)CN(C)C(=O)CN(C)C(=O)CN(C)C(=O)CN(C)C(=O)CN(C)C(=O)CN(C)C(=O)CN(C)C(=O)CCCOc1cc(N2C(=O)C=CC2=O)ccc1CCC(=O)NCC(=O)NCC(=O)N[C@@H](Cc1ccccc1)C(=O)NCC(=O)NCOCC(=O)[C@@]12O[C@H](c3cccc(F)c3)O[C@@H]1C[C@H]1[C@@H]3C[C@H](F)C4=CC(=O)C=C[C@]4(C)[C@@]3(F)[C@@H](O)C[C@@]12C. The van der Waals surface area contributed by atoms with Crippen LogP contribution in [0.5, 0.6) is 5.75 Å². The molecule has 0 radical (unpaired) electrons. The van der Waals surface area contributed by atoms with Crippen LogP contribution in [0.1, 0.15) is 75.4 Å². The maximum absolute atomic E-state index is 18.1. The van der Waals surface area contributed by atoms with E-state index in [0.29, 0.717) is 11.1 Å². The van der Waals surface area contributed by atoms with Crippen molar-refractivity contribution in [1.82, 2.24) is 75.6 Å². The molecule has 1 saturated heterocycles. The fourth-order valence-electron chi connectivity index (χ4n) is 17.3. The van der Waals surface area contributed by atoms with E-state index in [1.165, 1.54) is 120 Å². The number of allylic oxidation sites excluding steroid dienone is 4. The number of carbonyl (C=O) groups is 20. The molecule has 136 heavy (non-hydrogen) atoms. The molecule has 0 spiro atoms. The smallest absolute Gasteiger partial charge is 0.323 e. The second-order valence-electron chi connectivity index (χ2n) is 35.0. The average Bonchev–Trinajstić information content (AvgIpc) is 1.38. The second-order valence-corrected chi connectivity index (χ2v) is 35.0. The minimum Gasteiger partial charge on any atom is -0.493 e. The number of nitrogens with one attached hydrogen (secondary N) is 5. The molecule has 42 nitrogen and oxygen atoms in total. The number of halogens is 3. The number of ether oxygens (including phenoxy) is 4. The molecule has 0 bridgehead atoms. The highest BCUT2D eigenvalue weighted by Gasteiger charge is 2.80. The number of ketones is 2. The summed E-state index contributed by atoms with van der Waals surface area (Å²) in [6.45, 7) is -5.60. The molecule has 11 atom stereocenters. The van der Waals surface area contributed by atoms with Crippen LogP contribution in [0.2, 0.25) is 0 Å². The van der Waals surface area contributed by atoms with Gasteiger partial charge in [-0.15, -0.1) is 0 Å². The molecule has 4 fully saturated rings. The number of aliphatic hydroxyl groups is 1. The molecule has 3 aromatic carbocycles. The average molecular weight is 1910 g/mol. The first-order chi connectivity index (χ1) is 64.0. The van der Waals surface area contributed by atoms with Crippen LogP contribution in [0.3, 0.4) is 0 Å². The molecule has 0 aromatic heterocycles. The van der Waals surface area contributed by atoms with Crippen molar-refractivity contribution >= 4 is 124 Å². The Bertz CT molecular complexity index is 5220. The summed E-state index contributed by atoms with van der Waals surface area (Å²) in [5.41, 5.74) is -6.48. The Labute approximate surface area is 781 Å². The van der Waals surface area contributed by atoms with Gasteiger partial charge in [-0.05, 0) is 92.0 Å². The molecule has 736 valence electrons. The number of fused-ring (bicyclic) bond motifs is 7. The van der Waals surface area contributed by atoms with E-state index in [4.69, 9.17) is 24.1 Å². The van der Waals surface area contributed by atoms with Crippen molar-refractivity contribution in [3.63, 3.8) is 0 Å². The third kappa shape index (κ3) is 25.7. The third-order valence-electron chi connectivity index (χ3n) is 25.3. The zero-order chi connectivity index (χ0) is 100. The van der Waals surface area contributed by atoms with Gasteiger partial charge < -0.3 is 105 Å². The number of amides is 17. The summed E-state index contributed by atoms with van der Waals surface area (Å²) >= 11 is 0. The first-order valence-corrected chi connectivity index (χ1v) is 43.5. The van der Waals surface area contributed by atoms with E-state index in [0.717, 1.165) is 84.3 Å². The summed E-state index contributed by atoms with van der Waals surface area (Å²) in [5.74, 6) is -17.0. The van der Waals surface area contributed by atoms with E-state index in [2.05, 4.69) is 26.6 Å². The van der Waals surface area contributed by atoms with Gasteiger partial charge >= 0.3 is 5.97 Å². The van der Waals surface area contributed by atoms with Crippen LogP contribution < -0.4 is 36.2 Å². The van der Waals surface area contributed by atoms with E-state index in [1.807, 2.05) is 0 Å². The fourth-order valence-corrected chi connectivity index (χ4v) is 17.3. The number of carboxylic acids is 1. The molecule has 6 aliphatic rings. The summed E-state index contributed by atoms with van der Waals surface area (Å²) in [7, 11) is 12.9. The number of Topliss-reactive ketones (excluding diaryl/α,β-unsaturated/α-hetero) is 1. The van der Waals surface area contributed by atoms with E-state index < -0.39 is 300 Å². The van der Waals surface area contributed by atoms with Crippen molar-refractivity contribution in [2.45, 2.75) is 107 Å². The summed E-state index contributed by atoms with van der Waals surface area (Å²) in [6, 6.07) is 16.7. The van der Waals surface area contributed by atoms with Gasteiger partial charge in [-0.3, -0.25) is 95.9 Å². The second kappa shape index (κ2) is 46.0. The molecule has 9 rings (SSSR count). The summed E-state index contributed by atoms with van der Waals surface area (Å²) < 4.78 is 73.9. The summed E-state index contributed by atoms with van der Waals surface area (Å²) in [5, 5.41) is 33.2. The highest BCUT2D eigenvalue weighted by atomic mass is 19.1. The van der Waals surface area contributed by atoms with E-state index in [9.17, 15) is 105 Å². The van der Waals surface area contributed by atoms with Crippen LogP contribution >= 0.6 is 0 Å². The van der Waals surface area contributed by atoms with Crippen LogP contribution in [0, 0.1) is 28.5 Å². The highest BCUT2D eigenvalue weighted by Crippen LogP contribution is 2.73. The fraction of sp³-hybridized carbons (Fsp3) is 0.516. The van der Waals surface area contributed by atoms with Crippen molar-refractivity contribution < 1.29 is 138 Å². The maximum Gasteiger partial charge on any atom is 0.323 e. The van der Waals surface area contributed by atoms with Crippen molar-refractivity contribution in [1.29, 1.82) is 0 Å². The number of aliphatic hydroxyl groups excluding tert-OH is 1. The zero-order valence-corrected chi connectivity index (χ0v) is 77.6. The van der Waals surface area contributed by atoms with Crippen LogP contribution in [-0.4, -0.2) is 388 Å². The predicted molar refractivity (Wildman–Crippen MR) is 472 cm³/mol. The summed E-state index contributed by atoms with van der Waals surface area (Å²) in [4.78, 5) is 272. The number of rotatable bonds is 45. The lowest BCUT2D eigenvalue weighted by molar-refractivity contribution is -0.235. The van der Waals surface area contributed by atoms with Gasteiger partial charge in [0.05, 0.1) is 103 Å². The molecule has 3 saturated carbocycles. The lowest BCUT2D eigenvalue weighted by Gasteiger charge is -2.63. The monoisotopic (exact) mass is 1900 g/mol. The third-order valence-corrected chi connectivity index (χ3v) is 25.3. The number of alkyl halides is 2. The van der Waals surface area contributed by atoms with Crippen LogP contribution in [0.15, 0.2) is 109 Å². The number of hydrogen-bond donors (Lipinski definition) is 7. The number of anilines is 1. The minimum absolute atomic E-state index is 0.0344. The molecule has 2 heterocycles. The maximum atomic E-state index is 18.1. The van der Waals surface area contributed by atoms with Gasteiger partial charge in [0.15, 0.2) is 29.1 Å². The van der Waals surface area contributed by atoms with E-state index in [-0.39, 0.29) is 67.7 Å². The molecule has 2 aliphatic heterocycles. The number of aryl methyl sites for hydroxylation is 1. The topological polar surface area (TPSA) is 515 Å². The number of carboxylic acid groups (broad SMARTS) is 1. The number of nitrogens with zero attached hydrogens (tertiary/aromatic N) is 11. The van der Waals surface area contributed by atoms with Crippen LogP contribution in [-0.2, 0) is 123 Å². The Morgan fingerprint density at radius 1 is 0.551 bits per heavy atom. The van der Waals surface area contributed by atoms with Crippen LogP contribution in [0.25, 0.3) is 0 Å². The molecule has 17 amide bonds. The van der Waals surface area contributed by atoms with Crippen LogP contribution in [0.4, 0.5) is 18.9 Å². The van der Waals surface area contributed by atoms with Gasteiger partial charge in [-0.25, -0.2) is 18.1 Å². The van der Waals surface area contributed by atoms with Gasteiger partial charge in [-0.1, -0.05) is 61.5 Å². The number of imide groups is 1. The first-order valence-electron chi connectivity index (χ1n) is 43.5. The zero-order valence-electron chi connectivity index (χ0n) is 77.6. The molecular formula is C91H115F3N16O26. The Balaban J connectivity index is 0.673. The number of carbonyl (C=O) groups excluding carboxylic acids is 19. The Kier molecular flexibility index (Phi) is 35.9. The molecule has 7 N–H and O–H groups in total. The molecule has 0 unspecified atom stereocenters. The van der Waals surface area contributed by atoms with Gasteiger partial charge in [-0.2, -0.15) is 0 Å². The van der Waals surface area contributed by atoms with Crippen molar-refractivity contribution in [2.24, 2.45) is 22.7 Å². The quantitative estimate of drug-likeness (QED) is 0.0175. The standard InChI is InChI=1S/C91H115F3N16O26/c1-88-30-29-59(111)35-62(88)63(93)36-61-60-37-68-91(89(60,2)38-66(112)90(61,88)94,136-87(135-68)56-20-16-21-57(92)33-56)67(113)52-133-53-98-71(116)40-97-86(132)64(32-54-18-14-13-15-19-54)99-72(117)41-96-70(115)39-95-69(114)26-24-55-23-25-58(110-74(119)27-28-75(110)120)34-65(55)134-31-17-22-73(118)100(3)42-76(121)101(4)43-77(122)102(5)44-78(123)103(6)45-79(124)104(7)46-80(125)105(8)47-81(126)106(9)48-82(127)107(10)49-83(128)108(11)50-84(129)109(12)51-85(130)131/h13-16,18-21,23,25,27-30,33-35,60-61,63-64,66,68,87,112H,17,22,24,26,31-32,36-53H2,1-12H3,(H,95,114)(H,96,115)(H,97,132)(H,98,116)(H,99,117)(H,130,131)/t60-,61-,63-,64-,66-,68+,87+,88-,89-,90-,91+/m0/s1. The molecule has 45 heteroatoms. The normalized spacial score (nSPS) is 21.6. The first kappa shape index (κ1) is 106. The van der Waals surface area contributed by atoms with Gasteiger partial charge in [0, 0.05) is 130 Å². The largest absolute Gasteiger partial charge is 0.493 e. The lowest BCUT2D eigenvalue weighted by Crippen LogP contribution is -2.70. The Hall–Kier alpha value is -13.7. The van der Waals surface area contributed by atoms with E-state index in [1.54, 1.807) is 37.3 Å². The molecule has 4 aliphatic carbocycles. The lowest BCUT2D eigenvalue weighted by atomic mass is 9.44. The van der Waals surface area contributed by atoms with Crippen molar-refractivity contribution in [3.05, 3.63) is 131 Å². The predicted octanol–water partition coefficient (Wildman–Crippen LogP) is -2.47. The Morgan fingerprint density at radius 2 is 1.04 bits per heavy atom. The minimum atomic E-state index is -2.51. The highest BCUT2D eigenvalue weighted by molar-refractivity contribution is 6.28. The number of hydrogen-bond acceptors (Lipinski definition) is 25. The number of likely N-dealkylation sites (N-methyl/N-ethyl adjacent to an activating group) is 10. The molecule has 3 aromatic rings. The van der Waals surface area contributed by atoms with Gasteiger partial charge in [0.25, 0.3) is 11.8 Å². The Morgan fingerprint density at radius 3 is 1.55 bits per heavy atom. The van der Waals surface area contributed by atoms with E-state index >= 15 is 8.78 Å². The number of benzene rings is 3. The number of aliphatic carboxylic acids is 1. The van der Waals surface area contributed by atoms with Gasteiger partial charge in [0.1, 0.15) is 43.7 Å². The van der Waals surface area contributed by atoms with Crippen molar-refractivity contribution in [2.75, 3.05) is 180 Å². The molecular weight excluding hydrogens is 1790 g/mol.